The van der Waals surface area contributed by atoms with Crippen LogP contribution in [0.1, 0.15) is 5.69 Å². The first-order valence-corrected chi connectivity index (χ1v) is 3.93. The Morgan fingerprint density at radius 3 is 2.92 bits per heavy atom. The van der Waals surface area contributed by atoms with Crippen LogP contribution in [0.2, 0.25) is 0 Å². The molecule has 0 aliphatic heterocycles. The largest absolute Gasteiger partial charge is 0.319 e. The highest BCUT2D eigenvalue weighted by Gasteiger charge is 1.98. The van der Waals surface area contributed by atoms with Crippen molar-refractivity contribution in [2.75, 3.05) is 0 Å². The van der Waals surface area contributed by atoms with Crippen LogP contribution in [0.4, 0.5) is 0 Å². The molecule has 1 aromatic heterocycles. The average Bonchev–Trinajstić information content (AvgIpc) is 2.17. The molecule has 2 rings (SSSR count). The highest BCUT2D eigenvalue weighted by molar-refractivity contribution is 5.74. The summed E-state index contributed by atoms with van der Waals surface area (Å²) in [6.07, 6.45) is 1.45. The lowest BCUT2D eigenvalue weighted by molar-refractivity contribution is 1.19. The first-order chi connectivity index (χ1) is 6.31. The van der Waals surface area contributed by atoms with Gasteiger partial charge in [0.1, 0.15) is 5.69 Å². The van der Waals surface area contributed by atoms with E-state index in [2.05, 4.69) is 16.5 Å². The van der Waals surface area contributed by atoms with Crippen LogP contribution in [0, 0.1) is 0 Å². The van der Waals surface area contributed by atoms with Crippen LogP contribution in [0.15, 0.2) is 35.6 Å². The number of aromatic amines is 1. The van der Waals surface area contributed by atoms with Gasteiger partial charge in [0.05, 0.1) is 11.0 Å². The molecular weight excluding hydrogens is 164 g/mol. The molecule has 1 N–H and O–H groups in total. The van der Waals surface area contributed by atoms with Crippen molar-refractivity contribution in [3.8, 4) is 0 Å². The molecule has 0 atom stereocenters. The minimum Gasteiger partial charge on any atom is -0.319 e. The van der Waals surface area contributed by atoms with E-state index in [1.165, 1.54) is 6.08 Å². The summed E-state index contributed by atoms with van der Waals surface area (Å²) in [5, 5.41) is 0. The van der Waals surface area contributed by atoms with Crippen molar-refractivity contribution in [1.29, 1.82) is 0 Å². The van der Waals surface area contributed by atoms with Gasteiger partial charge < -0.3 is 4.98 Å². The van der Waals surface area contributed by atoms with Gasteiger partial charge in [-0.2, -0.15) is 0 Å². The van der Waals surface area contributed by atoms with E-state index in [-0.39, 0.29) is 5.56 Å². The minimum absolute atomic E-state index is 0.200. The van der Waals surface area contributed by atoms with Gasteiger partial charge in [-0.3, -0.25) is 4.79 Å². The Balaban J connectivity index is 2.89. The Bertz CT molecular complexity index is 514. The third-order valence-electron chi connectivity index (χ3n) is 1.82. The predicted molar refractivity (Wildman–Crippen MR) is 52.5 cm³/mol. The molecule has 0 aliphatic rings. The van der Waals surface area contributed by atoms with E-state index < -0.39 is 0 Å². The quantitative estimate of drug-likeness (QED) is 0.709. The first kappa shape index (κ1) is 7.73. The first-order valence-electron chi connectivity index (χ1n) is 3.93. The lowest BCUT2D eigenvalue weighted by Gasteiger charge is -1.96. The lowest BCUT2D eigenvalue weighted by Crippen LogP contribution is -2.11. The van der Waals surface area contributed by atoms with Gasteiger partial charge in [0.15, 0.2) is 0 Å². The van der Waals surface area contributed by atoms with Crippen molar-refractivity contribution in [2.45, 2.75) is 0 Å². The second-order valence-corrected chi connectivity index (χ2v) is 2.67. The van der Waals surface area contributed by atoms with Crippen molar-refractivity contribution in [2.24, 2.45) is 0 Å². The van der Waals surface area contributed by atoms with E-state index in [0.29, 0.717) is 5.69 Å². The van der Waals surface area contributed by atoms with Gasteiger partial charge in [-0.15, -0.1) is 0 Å². The maximum atomic E-state index is 11.3. The Kier molecular flexibility index (Phi) is 1.70. The molecule has 2 aromatic rings. The molecule has 1 aromatic carbocycles. The van der Waals surface area contributed by atoms with E-state index in [1.807, 2.05) is 24.3 Å². The number of hydrogen-bond donors (Lipinski definition) is 1. The highest BCUT2D eigenvalue weighted by atomic mass is 16.1. The topological polar surface area (TPSA) is 45.8 Å². The fourth-order valence-corrected chi connectivity index (χ4v) is 1.18. The molecule has 0 bridgehead atoms. The van der Waals surface area contributed by atoms with Gasteiger partial charge in [0.2, 0.25) is 0 Å². The van der Waals surface area contributed by atoms with E-state index >= 15 is 0 Å². The number of benzene rings is 1. The van der Waals surface area contributed by atoms with E-state index in [9.17, 15) is 4.79 Å². The molecule has 3 nitrogen and oxygen atoms in total. The van der Waals surface area contributed by atoms with Crippen molar-refractivity contribution in [3.63, 3.8) is 0 Å². The molecule has 0 spiro atoms. The molecule has 0 amide bonds. The molecule has 0 radical (unpaired) electrons. The standard InChI is InChI=1S/C10H8N2O/c1-2-7-10(13)12-9-6-4-3-5-8(9)11-7/h2-6H,1H2,(H,12,13). The Morgan fingerprint density at radius 1 is 1.38 bits per heavy atom. The number of fused-ring (bicyclic) bond motifs is 1. The van der Waals surface area contributed by atoms with Gasteiger partial charge in [-0.1, -0.05) is 18.7 Å². The molecule has 3 heteroatoms. The second-order valence-electron chi connectivity index (χ2n) is 2.67. The zero-order valence-corrected chi connectivity index (χ0v) is 6.95. The highest BCUT2D eigenvalue weighted by Crippen LogP contribution is 2.05. The number of hydrogen-bond acceptors (Lipinski definition) is 2. The average molecular weight is 172 g/mol. The van der Waals surface area contributed by atoms with Crippen molar-refractivity contribution < 1.29 is 0 Å². The number of para-hydroxylation sites is 2. The Labute approximate surface area is 74.8 Å². The lowest BCUT2D eigenvalue weighted by atomic mass is 10.3. The van der Waals surface area contributed by atoms with Crippen LogP contribution in [0.25, 0.3) is 17.1 Å². The zero-order valence-electron chi connectivity index (χ0n) is 6.95. The molecular formula is C10H8N2O. The maximum absolute atomic E-state index is 11.3. The second kappa shape index (κ2) is 2.86. The molecule has 1 heterocycles. The third-order valence-corrected chi connectivity index (χ3v) is 1.82. The molecule has 0 saturated carbocycles. The third kappa shape index (κ3) is 1.24. The summed E-state index contributed by atoms with van der Waals surface area (Å²) in [5.74, 6) is 0. The maximum Gasteiger partial charge on any atom is 0.274 e. The fraction of sp³-hybridized carbons (Fsp3) is 0. The van der Waals surface area contributed by atoms with Crippen LogP contribution in [-0.4, -0.2) is 9.97 Å². The Morgan fingerprint density at radius 2 is 2.15 bits per heavy atom. The van der Waals surface area contributed by atoms with E-state index in [4.69, 9.17) is 0 Å². The summed E-state index contributed by atoms with van der Waals surface area (Å²) in [6.45, 7) is 3.52. The van der Waals surface area contributed by atoms with Gasteiger partial charge in [-0.25, -0.2) is 4.98 Å². The zero-order chi connectivity index (χ0) is 9.26. The molecule has 0 aliphatic carbocycles. The molecule has 13 heavy (non-hydrogen) atoms. The van der Waals surface area contributed by atoms with Crippen LogP contribution >= 0.6 is 0 Å². The van der Waals surface area contributed by atoms with Crippen molar-refractivity contribution in [3.05, 3.63) is 46.9 Å². The molecule has 0 saturated heterocycles. The van der Waals surface area contributed by atoms with Gasteiger partial charge in [0, 0.05) is 0 Å². The minimum atomic E-state index is -0.200. The smallest absolute Gasteiger partial charge is 0.274 e. The number of nitrogens with zero attached hydrogens (tertiary/aromatic N) is 1. The van der Waals surface area contributed by atoms with Gasteiger partial charge >= 0.3 is 0 Å². The van der Waals surface area contributed by atoms with Crippen LogP contribution in [-0.2, 0) is 0 Å². The normalized spacial score (nSPS) is 10.2. The molecule has 0 unspecified atom stereocenters. The number of H-pyrrole nitrogens is 1. The number of rotatable bonds is 1. The van der Waals surface area contributed by atoms with Crippen molar-refractivity contribution >= 4 is 17.1 Å². The van der Waals surface area contributed by atoms with Crippen LogP contribution < -0.4 is 5.56 Å². The number of nitrogens with one attached hydrogen (secondary N) is 1. The van der Waals surface area contributed by atoms with Crippen LogP contribution in [0.5, 0.6) is 0 Å². The van der Waals surface area contributed by atoms with Gasteiger partial charge in [-0.05, 0) is 18.2 Å². The van der Waals surface area contributed by atoms with Gasteiger partial charge in [0.25, 0.3) is 5.56 Å². The summed E-state index contributed by atoms with van der Waals surface area (Å²) >= 11 is 0. The fourth-order valence-electron chi connectivity index (χ4n) is 1.18. The summed E-state index contributed by atoms with van der Waals surface area (Å²) in [6, 6.07) is 7.39. The summed E-state index contributed by atoms with van der Waals surface area (Å²) in [5.41, 5.74) is 1.68. The summed E-state index contributed by atoms with van der Waals surface area (Å²) in [4.78, 5) is 18.1. The van der Waals surface area contributed by atoms with E-state index in [0.717, 1.165) is 11.0 Å². The Hall–Kier alpha value is -1.90. The summed E-state index contributed by atoms with van der Waals surface area (Å²) < 4.78 is 0. The van der Waals surface area contributed by atoms with E-state index in [1.54, 1.807) is 0 Å². The number of aromatic nitrogens is 2. The molecule has 0 fully saturated rings. The van der Waals surface area contributed by atoms with Crippen LogP contribution in [0.3, 0.4) is 0 Å². The summed E-state index contributed by atoms with van der Waals surface area (Å²) in [7, 11) is 0. The SMILES string of the molecule is C=Cc1nc2ccccc2[nH]c1=O. The predicted octanol–water partition coefficient (Wildman–Crippen LogP) is 1.57. The monoisotopic (exact) mass is 172 g/mol. The van der Waals surface area contributed by atoms with Crippen molar-refractivity contribution in [1.82, 2.24) is 9.97 Å². The molecule has 64 valence electrons.